The van der Waals surface area contributed by atoms with E-state index in [1.807, 2.05) is 55.1 Å². The summed E-state index contributed by atoms with van der Waals surface area (Å²) in [5.74, 6) is 1.54. The van der Waals surface area contributed by atoms with Crippen LogP contribution in [0.15, 0.2) is 65.6 Å². The highest BCUT2D eigenvalue weighted by atomic mass is 16.3. The first-order valence-electron chi connectivity index (χ1n) is 9.36. The molecule has 0 saturated carbocycles. The number of rotatable bonds is 3. The molecule has 0 spiro atoms. The lowest BCUT2D eigenvalue weighted by Gasteiger charge is -2.32. The van der Waals surface area contributed by atoms with E-state index in [2.05, 4.69) is 37.1 Å². The van der Waals surface area contributed by atoms with Crippen molar-refractivity contribution < 1.29 is 4.42 Å². The van der Waals surface area contributed by atoms with Gasteiger partial charge in [0, 0.05) is 28.8 Å². The summed E-state index contributed by atoms with van der Waals surface area (Å²) in [7, 11) is 0. The quantitative estimate of drug-likeness (QED) is 0.594. The minimum absolute atomic E-state index is 0.350. The molecule has 3 nitrogen and oxygen atoms in total. The van der Waals surface area contributed by atoms with Gasteiger partial charge >= 0.3 is 0 Å². The van der Waals surface area contributed by atoms with E-state index in [0.717, 1.165) is 23.2 Å². The third kappa shape index (κ3) is 3.31. The second-order valence-electron chi connectivity index (χ2n) is 7.41. The highest BCUT2D eigenvalue weighted by Gasteiger charge is 2.31. The SMILES string of the molecule is C[C@H]1[C@H](C=Cc2ccc(-c3ccccc3C#N)cn2)c2cocc2C[C@@H]1C. The molecule has 0 bridgehead atoms. The molecule has 1 aliphatic carbocycles. The third-order valence-electron chi connectivity index (χ3n) is 5.76. The molecule has 4 rings (SSSR count). The Balaban J connectivity index is 1.58. The van der Waals surface area contributed by atoms with E-state index in [1.54, 1.807) is 0 Å². The molecule has 0 fully saturated rings. The molecule has 3 heteroatoms. The Bertz CT molecular complexity index is 1010. The molecule has 0 unspecified atom stereocenters. The molecule has 3 atom stereocenters. The molecule has 1 aromatic carbocycles. The highest BCUT2D eigenvalue weighted by Crippen LogP contribution is 2.41. The van der Waals surface area contributed by atoms with Gasteiger partial charge in [-0.3, -0.25) is 4.98 Å². The third-order valence-corrected chi connectivity index (χ3v) is 5.76. The Hall–Kier alpha value is -3.12. The summed E-state index contributed by atoms with van der Waals surface area (Å²) in [6, 6.07) is 13.9. The first-order valence-corrected chi connectivity index (χ1v) is 9.36. The summed E-state index contributed by atoms with van der Waals surface area (Å²) in [6.45, 7) is 4.62. The summed E-state index contributed by atoms with van der Waals surface area (Å²) in [5.41, 5.74) is 6.09. The number of furan rings is 1. The van der Waals surface area contributed by atoms with Crippen molar-refractivity contribution in [1.29, 1.82) is 5.26 Å². The number of fused-ring (bicyclic) bond motifs is 1. The van der Waals surface area contributed by atoms with Gasteiger partial charge in [-0.15, -0.1) is 0 Å². The molecule has 0 saturated heterocycles. The van der Waals surface area contributed by atoms with Crippen LogP contribution in [0.3, 0.4) is 0 Å². The second kappa shape index (κ2) is 7.25. The van der Waals surface area contributed by atoms with Crippen LogP contribution in [0.4, 0.5) is 0 Å². The Labute approximate surface area is 160 Å². The molecule has 134 valence electrons. The molecule has 2 aromatic heterocycles. The summed E-state index contributed by atoms with van der Waals surface area (Å²) in [6.07, 6.45) is 11.0. The normalized spacial score (nSPS) is 21.7. The molecule has 0 N–H and O–H groups in total. The highest BCUT2D eigenvalue weighted by molar-refractivity contribution is 5.70. The molecule has 0 amide bonds. The van der Waals surface area contributed by atoms with Crippen molar-refractivity contribution in [2.75, 3.05) is 0 Å². The molecule has 0 radical (unpaired) electrons. The monoisotopic (exact) mass is 354 g/mol. The van der Waals surface area contributed by atoms with Crippen LogP contribution < -0.4 is 0 Å². The largest absolute Gasteiger partial charge is 0.472 e. The molecule has 2 heterocycles. The zero-order valence-corrected chi connectivity index (χ0v) is 15.6. The van der Waals surface area contributed by atoms with Crippen molar-refractivity contribution in [1.82, 2.24) is 4.98 Å². The summed E-state index contributed by atoms with van der Waals surface area (Å²) < 4.78 is 5.46. The molecular weight excluding hydrogens is 332 g/mol. The van der Waals surface area contributed by atoms with Gasteiger partial charge in [0.05, 0.1) is 29.9 Å². The van der Waals surface area contributed by atoms with E-state index >= 15 is 0 Å². The van der Waals surface area contributed by atoms with Gasteiger partial charge in [0.15, 0.2) is 0 Å². The van der Waals surface area contributed by atoms with Gasteiger partial charge < -0.3 is 4.42 Å². The summed E-state index contributed by atoms with van der Waals surface area (Å²) >= 11 is 0. The second-order valence-corrected chi connectivity index (χ2v) is 7.41. The van der Waals surface area contributed by atoms with Crippen molar-refractivity contribution in [3.05, 3.63) is 83.6 Å². The number of aromatic nitrogens is 1. The van der Waals surface area contributed by atoms with E-state index in [1.165, 1.54) is 11.1 Å². The maximum absolute atomic E-state index is 9.28. The lowest BCUT2D eigenvalue weighted by atomic mass is 9.72. The maximum Gasteiger partial charge on any atom is 0.0998 e. The topological polar surface area (TPSA) is 49.8 Å². The maximum atomic E-state index is 9.28. The lowest BCUT2D eigenvalue weighted by molar-refractivity contribution is 0.333. The number of nitrogens with zero attached hydrogens (tertiary/aromatic N) is 2. The van der Waals surface area contributed by atoms with E-state index < -0.39 is 0 Å². The lowest BCUT2D eigenvalue weighted by Crippen LogP contribution is -2.23. The number of allylic oxidation sites excluding steroid dienone is 1. The molecule has 3 aromatic rings. The fraction of sp³-hybridized carbons (Fsp3) is 0.250. The van der Waals surface area contributed by atoms with Crippen LogP contribution in [-0.2, 0) is 6.42 Å². The van der Waals surface area contributed by atoms with Gasteiger partial charge in [-0.1, -0.05) is 44.2 Å². The first kappa shape index (κ1) is 17.3. The number of hydrogen-bond acceptors (Lipinski definition) is 3. The van der Waals surface area contributed by atoms with Crippen LogP contribution in [0.5, 0.6) is 0 Å². The van der Waals surface area contributed by atoms with Crippen LogP contribution in [-0.4, -0.2) is 4.98 Å². The zero-order chi connectivity index (χ0) is 18.8. The smallest absolute Gasteiger partial charge is 0.0998 e. The van der Waals surface area contributed by atoms with Crippen molar-refractivity contribution in [3.63, 3.8) is 0 Å². The van der Waals surface area contributed by atoms with Crippen molar-refractivity contribution in [2.24, 2.45) is 11.8 Å². The number of benzene rings is 1. The van der Waals surface area contributed by atoms with E-state index in [-0.39, 0.29) is 0 Å². The summed E-state index contributed by atoms with van der Waals surface area (Å²) in [4.78, 5) is 4.58. The number of nitriles is 1. The van der Waals surface area contributed by atoms with Crippen LogP contribution >= 0.6 is 0 Å². The number of hydrogen-bond donors (Lipinski definition) is 0. The van der Waals surface area contributed by atoms with Gasteiger partial charge in [-0.05, 0) is 42.0 Å². The van der Waals surface area contributed by atoms with Gasteiger partial charge in [0.25, 0.3) is 0 Å². The van der Waals surface area contributed by atoms with Gasteiger partial charge in [0.1, 0.15) is 0 Å². The Morgan fingerprint density at radius 3 is 2.78 bits per heavy atom. The first-order chi connectivity index (χ1) is 13.2. The standard InChI is InChI=1S/C24H22N2O/c1-16-11-20-14-27-15-24(20)22(17(16)2)10-9-21-8-7-19(13-26-21)23-6-4-3-5-18(23)12-25/h3-10,13-17,22H,11H2,1-2H3/t16-,17+,22-/m0/s1. The minimum atomic E-state index is 0.350. The van der Waals surface area contributed by atoms with E-state index in [4.69, 9.17) is 4.42 Å². The van der Waals surface area contributed by atoms with E-state index in [0.29, 0.717) is 23.3 Å². The van der Waals surface area contributed by atoms with Crippen molar-refractivity contribution in [3.8, 4) is 17.2 Å². The molecule has 1 aliphatic rings. The van der Waals surface area contributed by atoms with Crippen molar-refractivity contribution in [2.45, 2.75) is 26.2 Å². The fourth-order valence-electron chi connectivity index (χ4n) is 3.94. The van der Waals surface area contributed by atoms with Crippen LogP contribution in [0.2, 0.25) is 0 Å². The van der Waals surface area contributed by atoms with Gasteiger partial charge in [-0.25, -0.2) is 0 Å². The van der Waals surface area contributed by atoms with Crippen LogP contribution in [0.1, 0.15) is 42.1 Å². The Morgan fingerprint density at radius 2 is 2.00 bits per heavy atom. The molecular formula is C24H22N2O. The van der Waals surface area contributed by atoms with Gasteiger partial charge in [-0.2, -0.15) is 5.26 Å². The molecule has 27 heavy (non-hydrogen) atoms. The molecule has 0 aliphatic heterocycles. The Morgan fingerprint density at radius 1 is 1.15 bits per heavy atom. The van der Waals surface area contributed by atoms with Crippen LogP contribution in [0, 0.1) is 23.2 Å². The van der Waals surface area contributed by atoms with E-state index in [9.17, 15) is 5.26 Å². The summed E-state index contributed by atoms with van der Waals surface area (Å²) in [5, 5.41) is 9.28. The minimum Gasteiger partial charge on any atom is -0.472 e. The number of pyridine rings is 1. The zero-order valence-electron chi connectivity index (χ0n) is 15.6. The van der Waals surface area contributed by atoms with Crippen LogP contribution in [0.25, 0.3) is 17.2 Å². The predicted molar refractivity (Wildman–Crippen MR) is 107 cm³/mol. The fourth-order valence-corrected chi connectivity index (χ4v) is 3.94. The average Bonchev–Trinajstić information content (AvgIpc) is 3.16. The Kier molecular flexibility index (Phi) is 4.64. The average molecular weight is 354 g/mol. The predicted octanol–water partition coefficient (Wildman–Crippen LogP) is 5.84. The van der Waals surface area contributed by atoms with Crippen molar-refractivity contribution >= 4 is 6.08 Å². The van der Waals surface area contributed by atoms with Gasteiger partial charge in [0.2, 0.25) is 0 Å².